The highest BCUT2D eigenvalue weighted by Gasteiger charge is 2.34. The maximum Gasteiger partial charge on any atom is 0.200 e. The SMILES string of the molecule is CC(C)C[C@@H]([C@@H](O)CP(C)(=O)O)[N+](C)(C)C.[I-]. The van der Waals surface area contributed by atoms with E-state index in [1.165, 1.54) is 6.66 Å². The first kappa shape index (κ1) is 20.2. The molecule has 0 radical (unpaired) electrons. The Labute approximate surface area is 122 Å². The first-order valence-corrected chi connectivity index (χ1v) is 8.01. The van der Waals surface area contributed by atoms with Crippen molar-refractivity contribution >= 4 is 7.37 Å². The predicted octanol–water partition coefficient (Wildman–Crippen LogP) is -1.63. The fraction of sp³-hybridized carbons (Fsp3) is 1.00. The van der Waals surface area contributed by atoms with Crippen LogP contribution in [0.1, 0.15) is 20.3 Å². The largest absolute Gasteiger partial charge is 1.00 e. The van der Waals surface area contributed by atoms with Crippen molar-refractivity contribution < 1.29 is 43.0 Å². The molecule has 0 aliphatic heterocycles. The molecule has 17 heavy (non-hydrogen) atoms. The van der Waals surface area contributed by atoms with E-state index in [4.69, 9.17) is 0 Å². The van der Waals surface area contributed by atoms with E-state index in [0.29, 0.717) is 10.4 Å². The Kier molecular flexibility index (Phi) is 8.82. The Balaban J connectivity index is 0. The van der Waals surface area contributed by atoms with Gasteiger partial charge in [0.25, 0.3) is 0 Å². The lowest BCUT2D eigenvalue weighted by atomic mass is 9.97. The van der Waals surface area contributed by atoms with Crippen LogP contribution in [0.4, 0.5) is 0 Å². The minimum absolute atomic E-state index is 0. The summed E-state index contributed by atoms with van der Waals surface area (Å²) in [5.74, 6) is 0.465. The van der Waals surface area contributed by atoms with Gasteiger partial charge in [0.05, 0.1) is 27.3 Å². The number of aliphatic hydroxyl groups is 1. The van der Waals surface area contributed by atoms with Gasteiger partial charge in [0, 0.05) is 13.1 Å². The number of likely N-dealkylation sites (N-methyl/N-ethyl adjacent to an activating group) is 1. The zero-order valence-electron chi connectivity index (χ0n) is 11.7. The minimum atomic E-state index is -3.15. The van der Waals surface area contributed by atoms with Gasteiger partial charge in [-0.25, -0.2) is 0 Å². The van der Waals surface area contributed by atoms with Crippen LogP contribution in [0.3, 0.4) is 0 Å². The molecule has 0 heterocycles. The molecule has 2 N–H and O–H groups in total. The number of halogens is 1. The van der Waals surface area contributed by atoms with Crippen LogP contribution < -0.4 is 24.0 Å². The van der Waals surface area contributed by atoms with Gasteiger partial charge in [-0.3, -0.25) is 4.57 Å². The van der Waals surface area contributed by atoms with Crippen LogP contribution in [0.5, 0.6) is 0 Å². The third-order valence-corrected chi connectivity index (χ3v) is 3.73. The molecule has 0 spiro atoms. The van der Waals surface area contributed by atoms with Crippen molar-refractivity contribution in [2.75, 3.05) is 34.0 Å². The van der Waals surface area contributed by atoms with E-state index in [2.05, 4.69) is 13.8 Å². The van der Waals surface area contributed by atoms with E-state index >= 15 is 0 Å². The molecule has 4 nitrogen and oxygen atoms in total. The first-order chi connectivity index (χ1) is 6.93. The summed E-state index contributed by atoms with van der Waals surface area (Å²) in [6.07, 6.45) is 0.119. The van der Waals surface area contributed by atoms with Crippen LogP contribution in [0, 0.1) is 5.92 Å². The third-order valence-electron chi connectivity index (χ3n) is 2.68. The molecular weight excluding hydrogens is 352 g/mol. The molecule has 3 atom stereocenters. The van der Waals surface area contributed by atoms with Crippen LogP contribution >= 0.6 is 7.37 Å². The molecule has 0 rings (SSSR count). The molecule has 0 saturated heterocycles. The van der Waals surface area contributed by atoms with E-state index in [1.54, 1.807) is 0 Å². The molecule has 0 aliphatic rings. The normalized spacial score (nSPS) is 19.4. The molecule has 0 bridgehead atoms. The summed E-state index contributed by atoms with van der Waals surface area (Å²) >= 11 is 0. The quantitative estimate of drug-likeness (QED) is 0.331. The lowest BCUT2D eigenvalue weighted by molar-refractivity contribution is -0.900. The molecule has 0 aromatic heterocycles. The Morgan fingerprint density at radius 3 is 1.88 bits per heavy atom. The second-order valence-electron chi connectivity index (χ2n) is 6.11. The average molecular weight is 379 g/mol. The number of quaternary nitrogens is 1. The van der Waals surface area contributed by atoms with Gasteiger partial charge >= 0.3 is 0 Å². The summed E-state index contributed by atoms with van der Waals surface area (Å²) < 4.78 is 11.9. The van der Waals surface area contributed by atoms with Crippen molar-refractivity contribution in [3.63, 3.8) is 0 Å². The van der Waals surface area contributed by atoms with Gasteiger partial charge in [0.15, 0.2) is 7.37 Å². The van der Waals surface area contributed by atoms with E-state index in [0.717, 1.165) is 6.42 Å². The third kappa shape index (κ3) is 9.42. The van der Waals surface area contributed by atoms with Gasteiger partial charge in [-0.1, -0.05) is 13.8 Å². The second kappa shape index (κ2) is 7.43. The van der Waals surface area contributed by atoms with Crippen LogP contribution in [-0.4, -0.2) is 60.6 Å². The number of hydrogen-bond acceptors (Lipinski definition) is 2. The fourth-order valence-electron chi connectivity index (χ4n) is 1.94. The Morgan fingerprint density at radius 2 is 1.65 bits per heavy atom. The van der Waals surface area contributed by atoms with Gasteiger partial charge in [-0.2, -0.15) is 0 Å². The summed E-state index contributed by atoms with van der Waals surface area (Å²) in [5.41, 5.74) is 0. The smallest absolute Gasteiger partial charge is 0.200 e. The molecule has 0 amide bonds. The zero-order valence-corrected chi connectivity index (χ0v) is 14.8. The van der Waals surface area contributed by atoms with Gasteiger partial charge in [-0.15, -0.1) is 0 Å². The van der Waals surface area contributed by atoms with E-state index in [-0.39, 0.29) is 36.2 Å². The van der Waals surface area contributed by atoms with Crippen LogP contribution in [0.15, 0.2) is 0 Å². The lowest BCUT2D eigenvalue weighted by Gasteiger charge is -2.38. The Morgan fingerprint density at radius 1 is 1.24 bits per heavy atom. The molecule has 0 aliphatic carbocycles. The van der Waals surface area contributed by atoms with E-state index in [1.807, 2.05) is 21.1 Å². The molecule has 0 saturated carbocycles. The van der Waals surface area contributed by atoms with Crippen molar-refractivity contribution in [2.24, 2.45) is 5.92 Å². The lowest BCUT2D eigenvalue weighted by Crippen LogP contribution is -3.00. The fourth-order valence-corrected chi connectivity index (χ4v) is 2.88. The molecule has 106 valence electrons. The molecular formula is C11H27INO3P. The van der Waals surface area contributed by atoms with Crippen molar-refractivity contribution in [2.45, 2.75) is 32.4 Å². The summed E-state index contributed by atoms with van der Waals surface area (Å²) in [4.78, 5) is 9.33. The topological polar surface area (TPSA) is 57.5 Å². The zero-order chi connectivity index (χ0) is 13.1. The van der Waals surface area contributed by atoms with E-state index < -0.39 is 13.5 Å². The number of hydrogen-bond donors (Lipinski definition) is 2. The van der Waals surface area contributed by atoms with Crippen molar-refractivity contribution in [1.29, 1.82) is 0 Å². The highest BCUT2D eigenvalue weighted by molar-refractivity contribution is 7.57. The Bertz CT molecular complexity index is 260. The first-order valence-electron chi connectivity index (χ1n) is 5.72. The monoisotopic (exact) mass is 379 g/mol. The number of aliphatic hydroxyl groups excluding tert-OH is 1. The summed E-state index contributed by atoms with van der Waals surface area (Å²) in [6, 6.07) is 0.000394. The van der Waals surface area contributed by atoms with Gasteiger partial charge < -0.3 is 38.5 Å². The maximum absolute atomic E-state index is 11.3. The number of nitrogens with zero attached hydrogens (tertiary/aromatic N) is 1. The van der Waals surface area contributed by atoms with Gasteiger partial charge in [0.2, 0.25) is 0 Å². The van der Waals surface area contributed by atoms with Crippen LogP contribution in [0.2, 0.25) is 0 Å². The average Bonchev–Trinajstić information content (AvgIpc) is 1.93. The van der Waals surface area contributed by atoms with Crippen molar-refractivity contribution in [3.05, 3.63) is 0 Å². The second-order valence-corrected chi connectivity index (χ2v) is 8.58. The minimum Gasteiger partial charge on any atom is -1.00 e. The molecule has 0 aromatic carbocycles. The summed E-state index contributed by atoms with van der Waals surface area (Å²) in [5, 5.41) is 10.1. The van der Waals surface area contributed by atoms with Gasteiger partial charge in [0.1, 0.15) is 12.1 Å². The van der Waals surface area contributed by atoms with Crippen molar-refractivity contribution in [3.8, 4) is 0 Å². The highest BCUT2D eigenvalue weighted by atomic mass is 127. The molecule has 1 unspecified atom stereocenters. The van der Waals surface area contributed by atoms with E-state index in [9.17, 15) is 14.6 Å². The maximum atomic E-state index is 11.3. The standard InChI is InChI=1S/C11H26NO3P.HI/c1-9(2)7-10(12(3,4)5)11(13)8-16(6,14)15;/h9-11,13H,7-8H2,1-6H3;1H/t10-,11-;/m0./s1. The molecule has 0 fully saturated rings. The van der Waals surface area contributed by atoms with Gasteiger partial charge in [-0.05, 0) is 5.92 Å². The summed E-state index contributed by atoms with van der Waals surface area (Å²) in [7, 11) is 2.88. The molecule has 0 aromatic rings. The highest BCUT2D eigenvalue weighted by Crippen LogP contribution is 2.37. The predicted molar refractivity (Wildman–Crippen MR) is 67.9 cm³/mol. The number of rotatable bonds is 6. The Hall–Kier alpha value is 0.840. The molecule has 6 heteroatoms. The summed E-state index contributed by atoms with van der Waals surface area (Å²) in [6.45, 7) is 5.50. The van der Waals surface area contributed by atoms with Crippen LogP contribution in [0.25, 0.3) is 0 Å². The van der Waals surface area contributed by atoms with Crippen LogP contribution in [-0.2, 0) is 4.57 Å². The van der Waals surface area contributed by atoms with Crippen molar-refractivity contribution in [1.82, 2.24) is 0 Å².